The van der Waals surface area contributed by atoms with Gasteiger partial charge >= 0.3 is 0 Å². The molecule has 2 nitrogen and oxygen atoms in total. The summed E-state index contributed by atoms with van der Waals surface area (Å²) in [4.78, 5) is 0. The zero-order valence-electron chi connectivity index (χ0n) is 8.04. The van der Waals surface area contributed by atoms with Crippen LogP contribution in [0.2, 0.25) is 0 Å². The van der Waals surface area contributed by atoms with Gasteiger partial charge in [-0.05, 0) is 43.9 Å². The van der Waals surface area contributed by atoms with Crippen LogP contribution in [0.1, 0.15) is 25.7 Å². The lowest BCUT2D eigenvalue weighted by atomic mass is 9.98. The lowest BCUT2D eigenvalue weighted by Crippen LogP contribution is -2.24. The highest BCUT2D eigenvalue weighted by molar-refractivity contribution is 8.00. The summed E-state index contributed by atoms with van der Waals surface area (Å²) >= 11 is 2.15. The van der Waals surface area contributed by atoms with Crippen molar-refractivity contribution in [3.05, 3.63) is 0 Å². The van der Waals surface area contributed by atoms with Crippen LogP contribution in [0.3, 0.4) is 0 Å². The molecule has 0 amide bonds. The molecule has 0 bridgehead atoms. The van der Waals surface area contributed by atoms with Crippen LogP contribution in [0.15, 0.2) is 0 Å². The van der Waals surface area contributed by atoms with Crippen molar-refractivity contribution in [2.24, 2.45) is 5.92 Å². The average Bonchev–Trinajstić information content (AvgIpc) is 2.76. The van der Waals surface area contributed by atoms with Crippen LogP contribution < -0.4 is 5.32 Å². The number of aliphatic hydroxyl groups is 1. The quantitative estimate of drug-likeness (QED) is 0.720. The first-order valence-corrected chi connectivity index (χ1v) is 6.39. The first-order chi connectivity index (χ1) is 6.38. The van der Waals surface area contributed by atoms with Gasteiger partial charge in [0, 0.05) is 11.3 Å². The third-order valence-electron chi connectivity index (χ3n) is 3.15. The van der Waals surface area contributed by atoms with Gasteiger partial charge in [0.2, 0.25) is 0 Å². The Morgan fingerprint density at radius 3 is 3.00 bits per heavy atom. The summed E-state index contributed by atoms with van der Waals surface area (Å²) in [5.74, 6) is 2.20. The maximum Gasteiger partial charge on any atom is 0.0584 e. The Kier molecular flexibility index (Phi) is 3.52. The molecule has 0 aliphatic carbocycles. The van der Waals surface area contributed by atoms with E-state index in [2.05, 4.69) is 17.1 Å². The third kappa shape index (κ3) is 2.61. The molecule has 2 N–H and O–H groups in total. The summed E-state index contributed by atoms with van der Waals surface area (Å²) in [5, 5.41) is 13.3. The van der Waals surface area contributed by atoms with Crippen molar-refractivity contribution in [3.8, 4) is 0 Å². The van der Waals surface area contributed by atoms with Crippen LogP contribution in [0, 0.1) is 5.92 Å². The summed E-state index contributed by atoms with van der Waals surface area (Å²) in [5.41, 5.74) is 0. The molecular weight excluding hydrogens is 182 g/mol. The molecule has 2 aliphatic heterocycles. The third-order valence-corrected chi connectivity index (χ3v) is 4.58. The summed E-state index contributed by atoms with van der Waals surface area (Å²) < 4.78 is 0. The summed E-state index contributed by atoms with van der Waals surface area (Å²) in [6.07, 6.45) is 5.39. The Morgan fingerprint density at radius 2 is 2.38 bits per heavy atom. The smallest absolute Gasteiger partial charge is 0.0584 e. The van der Waals surface area contributed by atoms with Gasteiger partial charge in [-0.2, -0.15) is 11.8 Å². The Balaban J connectivity index is 1.70. The van der Waals surface area contributed by atoms with Crippen molar-refractivity contribution in [1.82, 2.24) is 5.32 Å². The van der Waals surface area contributed by atoms with Gasteiger partial charge in [-0.15, -0.1) is 0 Å². The molecule has 76 valence electrons. The molecule has 0 saturated carbocycles. The molecule has 0 aromatic carbocycles. The maximum absolute atomic E-state index is 8.98. The van der Waals surface area contributed by atoms with Gasteiger partial charge < -0.3 is 10.4 Å². The lowest BCUT2D eigenvalue weighted by molar-refractivity contribution is 0.252. The molecule has 0 aromatic rings. The molecule has 2 fully saturated rings. The fourth-order valence-electron chi connectivity index (χ4n) is 2.42. The van der Waals surface area contributed by atoms with Gasteiger partial charge in [0.15, 0.2) is 0 Å². The molecule has 3 unspecified atom stereocenters. The molecule has 0 radical (unpaired) electrons. The molecule has 2 aliphatic rings. The number of nitrogens with one attached hydrogen (secondary N) is 1. The molecule has 2 saturated heterocycles. The highest BCUT2D eigenvalue weighted by atomic mass is 32.2. The van der Waals surface area contributed by atoms with Gasteiger partial charge in [-0.3, -0.25) is 0 Å². The molecular formula is C10H19NOS. The highest BCUT2D eigenvalue weighted by Crippen LogP contribution is 2.33. The van der Waals surface area contributed by atoms with Crippen LogP contribution in [0.4, 0.5) is 0 Å². The number of thioether (sulfide) groups is 1. The largest absolute Gasteiger partial charge is 0.395 e. The minimum atomic E-state index is 0.314. The Hall–Kier alpha value is 0.270. The standard InChI is InChI=1S/C10H19NOS/c12-7-9-4-8(6-11-9)5-10-2-1-3-13-10/h8-12H,1-7H2. The van der Waals surface area contributed by atoms with Gasteiger partial charge in [-0.1, -0.05) is 0 Å². The Bertz CT molecular complexity index is 159. The number of hydrogen-bond donors (Lipinski definition) is 2. The molecule has 3 atom stereocenters. The number of hydrogen-bond acceptors (Lipinski definition) is 3. The molecule has 0 aromatic heterocycles. The van der Waals surface area contributed by atoms with Gasteiger partial charge in [0.25, 0.3) is 0 Å². The van der Waals surface area contributed by atoms with Crippen LogP contribution in [0.5, 0.6) is 0 Å². The van der Waals surface area contributed by atoms with Crippen molar-refractivity contribution in [2.45, 2.75) is 37.0 Å². The van der Waals surface area contributed by atoms with Crippen molar-refractivity contribution < 1.29 is 5.11 Å². The van der Waals surface area contributed by atoms with E-state index in [-0.39, 0.29) is 0 Å². The number of rotatable bonds is 3. The van der Waals surface area contributed by atoms with Gasteiger partial charge in [0.1, 0.15) is 0 Å². The molecule has 0 spiro atoms. The van der Waals surface area contributed by atoms with E-state index in [1.807, 2.05) is 0 Å². The predicted molar refractivity (Wildman–Crippen MR) is 57.1 cm³/mol. The first kappa shape index (κ1) is 9.81. The Morgan fingerprint density at radius 1 is 1.46 bits per heavy atom. The maximum atomic E-state index is 8.98. The van der Waals surface area contributed by atoms with E-state index in [1.54, 1.807) is 0 Å². The van der Waals surface area contributed by atoms with Crippen LogP contribution in [-0.4, -0.2) is 35.3 Å². The fourth-order valence-corrected chi connectivity index (χ4v) is 3.83. The first-order valence-electron chi connectivity index (χ1n) is 5.34. The highest BCUT2D eigenvalue weighted by Gasteiger charge is 2.27. The average molecular weight is 201 g/mol. The van der Waals surface area contributed by atoms with E-state index in [0.29, 0.717) is 12.6 Å². The van der Waals surface area contributed by atoms with E-state index >= 15 is 0 Å². The zero-order valence-corrected chi connectivity index (χ0v) is 8.85. The summed E-state index contributed by atoms with van der Waals surface area (Å²) in [7, 11) is 0. The minimum absolute atomic E-state index is 0.314. The topological polar surface area (TPSA) is 32.3 Å². The van der Waals surface area contributed by atoms with Crippen LogP contribution in [-0.2, 0) is 0 Å². The van der Waals surface area contributed by atoms with Crippen molar-refractivity contribution in [3.63, 3.8) is 0 Å². The normalized spacial score (nSPS) is 39.9. The molecule has 2 heterocycles. The summed E-state index contributed by atoms with van der Waals surface area (Å²) in [6, 6.07) is 0.386. The fraction of sp³-hybridized carbons (Fsp3) is 1.00. The molecule has 3 heteroatoms. The van der Waals surface area contributed by atoms with Crippen molar-refractivity contribution in [2.75, 3.05) is 18.9 Å². The zero-order chi connectivity index (χ0) is 9.10. The monoisotopic (exact) mass is 201 g/mol. The lowest BCUT2D eigenvalue weighted by Gasteiger charge is -2.13. The molecule has 2 rings (SSSR count). The van der Waals surface area contributed by atoms with E-state index in [4.69, 9.17) is 5.11 Å². The van der Waals surface area contributed by atoms with E-state index in [0.717, 1.165) is 17.7 Å². The van der Waals surface area contributed by atoms with Crippen molar-refractivity contribution in [1.29, 1.82) is 0 Å². The SMILES string of the molecule is OCC1CC(CC2CCCS2)CN1. The van der Waals surface area contributed by atoms with Crippen molar-refractivity contribution >= 4 is 11.8 Å². The van der Waals surface area contributed by atoms with Gasteiger partial charge in [0.05, 0.1) is 6.61 Å². The second-order valence-electron chi connectivity index (χ2n) is 4.26. The van der Waals surface area contributed by atoms with Crippen LogP contribution >= 0.6 is 11.8 Å². The van der Waals surface area contributed by atoms with E-state index < -0.39 is 0 Å². The Labute approximate surface area is 84.5 Å². The minimum Gasteiger partial charge on any atom is -0.395 e. The van der Waals surface area contributed by atoms with Gasteiger partial charge in [-0.25, -0.2) is 0 Å². The second kappa shape index (κ2) is 4.67. The predicted octanol–water partition coefficient (Wildman–Crippen LogP) is 1.24. The number of aliphatic hydroxyl groups excluding tert-OH is 1. The van der Waals surface area contributed by atoms with E-state index in [1.165, 1.54) is 31.4 Å². The van der Waals surface area contributed by atoms with Crippen LogP contribution in [0.25, 0.3) is 0 Å². The second-order valence-corrected chi connectivity index (χ2v) is 5.67. The van der Waals surface area contributed by atoms with E-state index in [9.17, 15) is 0 Å². The summed E-state index contributed by atoms with van der Waals surface area (Å²) in [6.45, 7) is 1.44. The molecule has 13 heavy (non-hydrogen) atoms.